The highest BCUT2D eigenvalue weighted by Crippen LogP contribution is 2.36. The molecule has 0 aromatic heterocycles. The minimum absolute atomic E-state index is 0.343. The van der Waals surface area contributed by atoms with Gasteiger partial charge in [0.15, 0.2) is 0 Å². The fourth-order valence-electron chi connectivity index (χ4n) is 1.82. The second kappa shape index (κ2) is 8.49. The molecule has 0 saturated carbocycles. The van der Waals surface area contributed by atoms with Gasteiger partial charge in [-0.3, -0.25) is 4.79 Å². The van der Waals surface area contributed by atoms with Crippen molar-refractivity contribution in [1.82, 2.24) is 0 Å². The molecular weight excluding hydrogens is 639 g/mol. The van der Waals surface area contributed by atoms with Crippen molar-refractivity contribution < 1.29 is 9.90 Å². The minimum Gasteiger partial charge on any atom is -0.480 e. The van der Waals surface area contributed by atoms with Gasteiger partial charge in [0, 0.05) is 20.5 Å². The first-order valence-corrected chi connectivity index (χ1v) is 10.3. The number of carbonyl (C=O) groups is 1. The zero-order valence-corrected chi connectivity index (χ0v) is 18.5. The van der Waals surface area contributed by atoms with Crippen LogP contribution < -0.4 is 5.73 Å². The summed E-state index contributed by atoms with van der Waals surface area (Å²) in [6.07, 6.45) is 0.343. The second-order valence-electron chi connectivity index (χ2n) is 4.60. The molecular formula is C15H12I3NO2S. The van der Waals surface area contributed by atoms with E-state index in [0.29, 0.717) is 6.42 Å². The normalized spacial score (nSPS) is 12.2. The Labute approximate surface area is 174 Å². The Morgan fingerprint density at radius 2 is 1.82 bits per heavy atom. The van der Waals surface area contributed by atoms with Crippen LogP contribution in [0.25, 0.3) is 0 Å². The van der Waals surface area contributed by atoms with Crippen LogP contribution in [0, 0.1) is 10.7 Å². The summed E-state index contributed by atoms with van der Waals surface area (Å²) in [6, 6.07) is 11.5. The Balaban J connectivity index is 2.25. The molecule has 0 spiro atoms. The third kappa shape index (κ3) is 5.21. The van der Waals surface area contributed by atoms with Crippen LogP contribution >= 0.6 is 79.5 Å². The SMILES string of the molecule is N[C@@H](Cc1cc(I)c(Sc2cccc(I)c2)c(I)c1)C(=O)O. The Hall–Kier alpha value is 0.410. The lowest BCUT2D eigenvalue weighted by molar-refractivity contribution is -0.138. The summed E-state index contributed by atoms with van der Waals surface area (Å²) >= 11 is 8.62. The number of carboxylic acids is 1. The van der Waals surface area contributed by atoms with E-state index >= 15 is 0 Å². The van der Waals surface area contributed by atoms with Crippen molar-refractivity contribution in [2.45, 2.75) is 22.3 Å². The lowest BCUT2D eigenvalue weighted by Crippen LogP contribution is -2.32. The number of aliphatic carboxylic acids is 1. The lowest BCUT2D eigenvalue weighted by atomic mass is 10.1. The number of rotatable bonds is 5. The van der Waals surface area contributed by atoms with Crippen molar-refractivity contribution in [3.63, 3.8) is 0 Å². The van der Waals surface area contributed by atoms with Crippen LogP contribution in [0.3, 0.4) is 0 Å². The van der Waals surface area contributed by atoms with Gasteiger partial charge in [0.2, 0.25) is 0 Å². The van der Waals surface area contributed by atoms with E-state index in [1.54, 1.807) is 11.8 Å². The first-order chi connectivity index (χ1) is 10.4. The Morgan fingerprint density at radius 3 is 2.36 bits per heavy atom. The second-order valence-corrected chi connectivity index (χ2v) is 9.25. The molecule has 0 aliphatic carbocycles. The molecule has 7 heteroatoms. The van der Waals surface area contributed by atoms with Gasteiger partial charge in [-0.1, -0.05) is 17.8 Å². The van der Waals surface area contributed by atoms with E-state index < -0.39 is 12.0 Å². The van der Waals surface area contributed by atoms with E-state index in [4.69, 9.17) is 10.8 Å². The Bertz CT molecular complexity index is 686. The molecule has 1 atom stereocenters. The smallest absolute Gasteiger partial charge is 0.320 e. The fraction of sp³-hybridized carbons (Fsp3) is 0.133. The van der Waals surface area contributed by atoms with Crippen LogP contribution in [0.2, 0.25) is 0 Å². The molecule has 22 heavy (non-hydrogen) atoms. The van der Waals surface area contributed by atoms with E-state index in [9.17, 15) is 4.79 Å². The van der Waals surface area contributed by atoms with Crippen LogP contribution in [-0.2, 0) is 11.2 Å². The van der Waals surface area contributed by atoms with E-state index in [1.807, 2.05) is 18.2 Å². The Kier molecular flexibility index (Phi) is 7.23. The maximum Gasteiger partial charge on any atom is 0.320 e. The molecule has 0 heterocycles. The van der Waals surface area contributed by atoms with Crippen LogP contribution in [-0.4, -0.2) is 17.1 Å². The van der Waals surface area contributed by atoms with Crippen LogP contribution in [0.1, 0.15) is 5.56 Å². The largest absolute Gasteiger partial charge is 0.480 e. The summed E-state index contributed by atoms with van der Waals surface area (Å²) in [5, 5.41) is 8.92. The molecule has 0 aliphatic rings. The molecule has 116 valence electrons. The van der Waals surface area contributed by atoms with Gasteiger partial charge in [-0.05, 0) is 110 Å². The number of carboxylic acid groups (broad SMARTS) is 1. The van der Waals surface area contributed by atoms with Crippen LogP contribution in [0.15, 0.2) is 46.2 Å². The first-order valence-electron chi connectivity index (χ1n) is 6.26. The summed E-state index contributed by atoms with van der Waals surface area (Å²) < 4.78 is 3.43. The van der Waals surface area contributed by atoms with E-state index in [0.717, 1.165) is 12.7 Å². The van der Waals surface area contributed by atoms with Crippen molar-refractivity contribution in [2.75, 3.05) is 0 Å². The van der Waals surface area contributed by atoms with E-state index in [2.05, 4.69) is 86.0 Å². The van der Waals surface area contributed by atoms with E-state index in [-0.39, 0.29) is 0 Å². The lowest BCUT2D eigenvalue weighted by Gasteiger charge is -2.12. The molecule has 0 unspecified atom stereocenters. The standard InChI is InChI=1S/C15H12I3NO2S/c16-9-2-1-3-10(7-9)22-14-11(17)4-8(5-12(14)18)6-13(19)15(20)21/h1-5,7,13H,6,19H2,(H,20,21)/t13-/m0/s1. The topological polar surface area (TPSA) is 63.3 Å². The van der Waals surface area contributed by atoms with E-state index in [1.165, 1.54) is 13.4 Å². The minimum atomic E-state index is -0.970. The fourth-order valence-corrected chi connectivity index (χ4v) is 6.01. The maximum absolute atomic E-state index is 10.9. The highest BCUT2D eigenvalue weighted by Gasteiger charge is 2.15. The van der Waals surface area contributed by atoms with Crippen molar-refractivity contribution in [3.05, 3.63) is 52.7 Å². The quantitative estimate of drug-likeness (QED) is 0.465. The average molecular weight is 651 g/mol. The zero-order valence-electron chi connectivity index (χ0n) is 11.2. The van der Waals surface area contributed by atoms with Gasteiger partial charge in [0.25, 0.3) is 0 Å². The number of hydrogen-bond acceptors (Lipinski definition) is 3. The molecule has 2 aromatic rings. The molecule has 3 N–H and O–H groups in total. The molecule has 3 nitrogen and oxygen atoms in total. The number of hydrogen-bond donors (Lipinski definition) is 2. The molecule has 0 radical (unpaired) electrons. The summed E-state index contributed by atoms with van der Waals surface area (Å²) in [7, 11) is 0. The predicted molar refractivity (Wildman–Crippen MR) is 114 cm³/mol. The number of benzene rings is 2. The van der Waals surface area contributed by atoms with Crippen molar-refractivity contribution in [1.29, 1.82) is 0 Å². The third-order valence-electron chi connectivity index (χ3n) is 2.85. The highest BCUT2D eigenvalue weighted by atomic mass is 127. The Morgan fingerprint density at radius 1 is 1.18 bits per heavy atom. The molecule has 2 aromatic carbocycles. The van der Waals surface area contributed by atoms with Gasteiger partial charge in [-0.15, -0.1) is 0 Å². The van der Waals surface area contributed by atoms with Gasteiger partial charge in [-0.2, -0.15) is 0 Å². The summed E-state index contributed by atoms with van der Waals surface area (Å²) in [5.74, 6) is -0.970. The molecule has 0 aliphatic heterocycles. The van der Waals surface area contributed by atoms with Crippen molar-refractivity contribution >= 4 is 85.5 Å². The van der Waals surface area contributed by atoms with Gasteiger partial charge in [0.1, 0.15) is 6.04 Å². The van der Waals surface area contributed by atoms with Gasteiger partial charge < -0.3 is 10.8 Å². The predicted octanol–water partition coefficient (Wildman–Crippen LogP) is 4.61. The van der Waals surface area contributed by atoms with Crippen molar-refractivity contribution in [3.8, 4) is 0 Å². The molecule has 0 bridgehead atoms. The monoisotopic (exact) mass is 651 g/mol. The third-order valence-corrected chi connectivity index (χ3v) is 7.09. The molecule has 0 saturated heterocycles. The molecule has 2 rings (SSSR count). The zero-order chi connectivity index (χ0) is 16.3. The molecule has 0 fully saturated rings. The van der Waals surface area contributed by atoms with Crippen molar-refractivity contribution in [2.24, 2.45) is 5.73 Å². The van der Waals surface area contributed by atoms with Crippen LogP contribution in [0.4, 0.5) is 0 Å². The first kappa shape index (κ1) is 18.7. The summed E-state index contributed by atoms with van der Waals surface area (Å²) in [5.41, 5.74) is 6.57. The highest BCUT2D eigenvalue weighted by molar-refractivity contribution is 14.1. The summed E-state index contributed by atoms with van der Waals surface area (Å²) in [4.78, 5) is 13.3. The van der Waals surface area contributed by atoms with Gasteiger partial charge in [0.05, 0.1) is 0 Å². The van der Waals surface area contributed by atoms with Gasteiger partial charge in [-0.25, -0.2) is 0 Å². The molecule has 0 amide bonds. The van der Waals surface area contributed by atoms with Gasteiger partial charge >= 0.3 is 5.97 Å². The number of halogens is 3. The maximum atomic E-state index is 10.9. The number of nitrogens with two attached hydrogens (primary N) is 1. The van der Waals surface area contributed by atoms with Crippen LogP contribution in [0.5, 0.6) is 0 Å². The summed E-state index contributed by atoms with van der Waals surface area (Å²) in [6.45, 7) is 0. The average Bonchev–Trinajstić information content (AvgIpc) is 2.43.